The first-order valence-corrected chi connectivity index (χ1v) is 6.08. The number of aryl methyl sites for hydroxylation is 2. The Morgan fingerprint density at radius 1 is 1.06 bits per heavy atom. The predicted molar refractivity (Wildman–Crippen MR) is 67.6 cm³/mol. The summed E-state index contributed by atoms with van der Waals surface area (Å²) in [5, 5.41) is 2.99. The van der Waals surface area contributed by atoms with Crippen LogP contribution in [-0.2, 0) is 0 Å². The molecule has 0 heterocycles. The van der Waals surface area contributed by atoms with E-state index in [1.807, 2.05) is 32.9 Å². The van der Waals surface area contributed by atoms with Crippen molar-refractivity contribution in [1.29, 1.82) is 0 Å². The maximum atomic E-state index is 12.2. The Morgan fingerprint density at radius 2 is 1.56 bits per heavy atom. The molecular weight excluding hydrogens is 239 g/mol. The van der Waals surface area contributed by atoms with Gasteiger partial charge >= 0.3 is 6.18 Å². The molecule has 0 spiro atoms. The van der Waals surface area contributed by atoms with Gasteiger partial charge in [0, 0.05) is 12.1 Å². The minimum Gasteiger partial charge on any atom is -0.307 e. The lowest BCUT2D eigenvalue weighted by atomic mass is 10.0. The van der Waals surface area contributed by atoms with Gasteiger partial charge < -0.3 is 5.32 Å². The normalized spacial score (nSPS) is 15.5. The molecule has 0 aliphatic rings. The average molecular weight is 259 g/mol. The van der Waals surface area contributed by atoms with Crippen LogP contribution in [0.1, 0.15) is 43.0 Å². The van der Waals surface area contributed by atoms with Crippen molar-refractivity contribution in [1.82, 2.24) is 5.32 Å². The molecule has 4 heteroatoms. The monoisotopic (exact) mass is 259 g/mol. The van der Waals surface area contributed by atoms with Gasteiger partial charge in [0.2, 0.25) is 0 Å². The summed E-state index contributed by atoms with van der Waals surface area (Å²) in [4.78, 5) is 0. The number of hydrogen-bond donors (Lipinski definition) is 1. The summed E-state index contributed by atoms with van der Waals surface area (Å²) in [5.74, 6) is 0. The third-order valence-electron chi connectivity index (χ3n) is 2.82. The van der Waals surface area contributed by atoms with Gasteiger partial charge in [0.05, 0.1) is 6.42 Å². The molecule has 1 aromatic rings. The second-order valence-electron chi connectivity index (χ2n) is 5.03. The fourth-order valence-corrected chi connectivity index (χ4v) is 2.19. The third kappa shape index (κ3) is 5.08. The highest BCUT2D eigenvalue weighted by molar-refractivity contribution is 5.30. The highest BCUT2D eigenvalue weighted by atomic mass is 19.4. The molecule has 1 nitrogen and oxygen atoms in total. The summed E-state index contributed by atoms with van der Waals surface area (Å²) >= 11 is 0. The lowest BCUT2D eigenvalue weighted by Crippen LogP contribution is -2.33. The molecule has 0 aromatic heterocycles. The van der Waals surface area contributed by atoms with Crippen molar-refractivity contribution in [2.45, 2.75) is 52.4 Å². The number of benzene rings is 1. The maximum absolute atomic E-state index is 12.2. The van der Waals surface area contributed by atoms with Gasteiger partial charge in [-0.25, -0.2) is 0 Å². The van der Waals surface area contributed by atoms with Crippen LogP contribution in [0.15, 0.2) is 18.2 Å². The first kappa shape index (κ1) is 15.0. The van der Waals surface area contributed by atoms with Gasteiger partial charge in [-0.15, -0.1) is 0 Å². The van der Waals surface area contributed by atoms with Gasteiger partial charge in [0.25, 0.3) is 0 Å². The van der Waals surface area contributed by atoms with E-state index in [0.717, 1.165) is 16.7 Å². The second kappa shape index (κ2) is 5.74. The zero-order chi connectivity index (χ0) is 13.9. The van der Waals surface area contributed by atoms with Crippen molar-refractivity contribution in [3.05, 3.63) is 34.9 Å². The minimum atomic E-state index is -4.12. The van der Waals surface area contributed by atoms with Gasteiger partial charge in [-0.3, -0.25) is 0 Å². The highest BCUT2D eigenvalue weighted by Gasteiger charge is 2.30. The topological polar surface area (TPSA) is 12.0 Å². The Hall–Kier alpha value is -1.03. The zero-order valence-corrected chi connectivity index (χ0v) is 11.2. The molecule has 2 atom stereocenters. The van der Waals surface area contributed by atoms with Crippen LogP contribution < -0.4 is 5.32 Å². The van der Waals surface area contributed by atoms with E-state index >= 15 is 0 Å². The van der Waals surface area contributed by atoms with Crippen molar-refractivity contribution in [3.63, 3.8) is 0 Å². The van der Waals surface area contributed by atoms with E-state index in [2.05, 4.69) is 11.4 Å². The molecule has 1 rings (SSSR count). The SMILES string of the molecule is Cc1cc(C)cc(C(C)NC(C)CC(F)(F)F)c1. The fourth-order valence-electron chi connectivity index (χ4n) is 2.19. The lowest BCUT2D eigenvalue weighted by molar-refractivity contribution is -0.139. The molecular formula is C14H20F3N. The number of rotatable bonds is 4. The van der Waals surface area contributed by atoms with E-state index in [-0.39, 0.29) is 6.04 Å². The van der Waals surface area contributed by atoms with Crippen molar-refractivity contribution < 1.29 is 13.2 Å². The van der Waals surface area contributed by atoms with Gasteiger partial charge in [-0.2, -0.15) is 13.2 Å². The molecule has 0 bridgehead atoms. The highest BCUT2D eigenvalue weighted by Crippen LogP contribution is 2.23. The molecule has 0 saturated heterocycles. The van der Waals surface area contributed by atoms with E-state index in [4.69, 9.17) is 0 Å². The standard InChI is InChI=1S/C14H20F3N/c1-9-5-10(2)7-13(6-9)12(4)18-11(3)8-14(15,16)17/h5-7,11-12,18H,8H2,1-4H3. The van der Waals surface area contributed by atoms with Crippen LogP contribution in [0.3, 0.4) is 0 Å². The molecule has 0 radical (unpaired) electrons. The first-order valence-electron chi connectivity index (χ1n) is 6.08. The quantitative estimate of drug-likeness (QED) is 0.850. The van der Waals surface area contributed by atoms with Crippen molar-refractivity contribution in [3.8, 4) is 0 Å². The van der Waals surface area contributed by atoms with Crippen LogP contribution in [0.5, 0.6) is 0 Å². The third-order valence-corrected chi connectivity index (χ3v) is 2.82. The lowest BCUT2D eigenvalue weighted by Gasteiger charge is -2.22. The molecule has 0 saturated carbocycles. The number of nitrogens with one attached hydrogen (secondary N) is 1. The summed E-state index contributed by atoms with van der Waals surface area (Å²) in [6.45, 7) is 7.43. The van der Waals surface area contributed by atoms with Gasteiger partial charge in [-0.1, -0.05) is 29.3 Å². The van der Waals surface area contributed by atoms with Crippen LogP contribution in [0.4, 0.5) is 13.2 Å². The predicted octanol–water partition coefficient (Wildman–Crippen LogP) is 4.29. The Morgan fingerprint density at radius 3 is 2.00 bits per heavy atom. The zero-order valence-electron chi connectivity index (χ0n) is 11.2. The Bertz CT molecular complexity index is 378. The van der Waals surface area contributed by atoms with Crippen molar-refractivity contribution >= 4 is 0 Å². The van der Waals surface area contributed by atoms with Crippen LogP contribution in [0.2, 0.25) is 0 Å². The Labute approximate surface area is 106 Å². The summed E-state index contributed by atoms with van der Waals surface area (Å²) in [6.07, 6.45) is -4.92. The molecule has 1 aromatic carbocycles. The number of halogens is 3. The molecule has 0 aliphatic carbocycles. The van der Waals surface area contributed by atoms with Crippen LogP contribution in [0, 0.1) is 13.8 Å². The number of alkyl halides is 3. The molecule has 0 amide bonds. The summed E-state index contributed by atoms with van der Waals surface area (Å²) < 4.78 is 36.7. The molecule has 1 N–H and O–H groups in total. The molecule has 0 aliphatic heterocycles. The van der Waals surface area contributed by atoms with Crippen molar-refractivity contribution in [2.24, 2.45) is 0 Å². The largest absolute Gasteiger partial charge is 0.390 e. The molecule has 2 unspecified atom stereocenters. The van der Waals surface area contributed by atoms with Crippen molar-refractivity contribution in [2.75, 3.05) is 0 Å². The maximum Gasteiger partial charge on any atom is 0.390 e. The Balaban J connectivity index is 2.67. The molecule has 102 valence electrons. The van der Waals surface area contributed by atoms with Gasteiger partial charge in [-0.05, 0) is 33.3 Å². The number of hydrogen-bond acceptors (Lipinski definition) is 1. The fraction of sp³-hybridized carbons (Fsp3) is 0.571. The summed E-state index contributed by atoms with van der Waals surface area (Å²) in [5.41, 5.74) is 3.28. The molecule has 18 heavy (non-hydrogen) atoms. The summed E-state index contributed by atoms with van der Waals surface area (Å²) in [6, 6.07) is 5.40. The smallest absolute Gasteiger partial charge is 0.307 e. The summed E-state index contributed by atoms with van der Waals surface area (Å²) in [7, 11) is 0. The van der Waals surface area contributed by atoms with E-state index in [1.165, 1.54) is 0 Å². The van der Waals surface area contributed by atoms with E-state index in [9.17, 15) is 13.2 Å². The Kier molecular flexibility index (Phi) is 4.79. The van der Waals surface area contributed by atoms with E-state index in [1.54, 1.807) is 6.92 Å². The van der Waals surface area contributed by atoms with Gasteiger partial charge in [0.15, 0.2) is 0 Å². The minimum absolute atomic E-state index is 0.0825. The van der Waals surface area contributed by atoms with Crippen LogP contribution >= 0.6 is 0 Å². The average Bonchev–Trinajstić information content (AvgIpc) is 2.12. The van der Waals surface area contributed by atoms with Crippen LogP contribution in [0.25, 0.3) is 0 Å². The van der Waals surface area contributed by atoms with Crippen LogP contribution in [-0.4, -0.2) is 12.2 Å². The van der Waals surface area contributed by atoms with Gasteiger partial charge in [0.1, 0.15) is 0 Å². The second-order valence-corrected chi connectivity index (χ2v) is 5.03. The first-order chi connectivity index (χ1) is 8.17. The van der Waals surface area contributed by atoms with E-state index < -0.39 is 18.6 Å². The van der Waals surface area contributed by atoms with E-state index in [0.29, 0.717) is 0 Å². The molecule has 0 fully saturated rings.